The van der Waals surface area contributed by atoms with Gasteiger partial charge in [-0.05, 0) is 12.8 Å². The van der Waals surface area contributed by atoms with E-state index in [1.54, 1.807) is 0 Å². The lowest BCUT2D eigenvalue weighted by Crippen LogP contribution is -2.47. The lowest BCUT2D eigenvalue weighted by Gasteiger charge is -2.28. The molecule has 1 rings (SSSR count). The van der Waals surface area contributed by atoms with Gasteiger partial charge in [0.05, 0.1) is 7.11 Å². The molecular weight excluding hydrogens is 172 g/mol. The van der Waals surface area contributed by atoms with E-state index in [1.165, 1.54) is 12.0 Å². The molecule has 5 heteroatoms. The molecule has 1 atom stereocenters. The minimum atomic E-state index is -0.696. The molecule has 0 saturated carbocycles. The van der Waals surface area contributed by atoms with Crippen LogP contribution in [-0.2, 0) is 14.3 Å². The van der Waals surface area contributed by atoms with Gasteiger partial charge in [0.15, 0.2) is 0 Å². The second-order valence-corrected chi connectivity index (χ2v) is 3.03. The molecule has 1 fully saturated rings. The van der Waals surface area contributed by atoms with Crippen molar-refractivity contribution < 1.29 is 14.3 Å². The van der Waals surface area contributed by atoms with Crippen molar-refractivity contribution >= 4 is 11.9 Å². The number of nitrogens with one attached hydrogen (secondary N) is 1. The molecule has 0 aromatic rings. The summed E-state index contributed by atoms with van der Waals surface area (Å²) in [6.07, 6.45) is 1.38. The minimum Gasteiger partial charge on any atom is -0.468 e. The number of hydrogen-bond donors (Lipinski definition) is 0. The molecule has 0 bridgehead atoms. The Bertz CT molecular complexity index is 217. The van der Waals surface area contributed by atoms with Crippen LogP contribution in [0, 0.1) is 0 Å². The summed E-state index contributed by atoms with van der Waals surface area (Å²) >= 11 is 0. The monoisotopic (exact) mass is 185 g/mol. The normalized spacial score (nSPS) is 23.1. The average Bonchev–Trinajstić information content (AvgIpc) is 2.13. The van der Waals surface area contributed by atoms with Crippen LogP contribution in [0.5, 0.6) is 0 Å². The second kappa shape index (κ2) is 4.23. The molecule has 1 saturated heterocycles. The highest BCUT2D eigenvalue weighted by atomic mass is 16.5. The van der Waals surface area contributed by atoms with Crippen LogP contribution in [0.15, 0.2) is 0 Å². The van der Waals surface area contributed by atoms with Gasteiger partial charge < -0.3 is 9.64 Å². The second-order valence-electron chi connectivity index (χ2n) is 3.03. The van der Waals surface area contributed by atoms with Gasteiger partial charge in [0.2, 0.25) is 5.91 Å². The Morgan fingerprint density at radius 1 is 1.77 bits per heavy atom. The van der Waals surface area contributed by atoms with E-state index < -0.39 is 12.0 Å². The zero-order valence-corrected chi connectivity index (χ0v) is 7.58. The van der Waals surface area contributed by atoms with Crippen molar-refractivity contribution in [1.82, 2.24) is 10.6 Å². The van der Waals surface area contributed by atoms with E-state index in [0.29, 0.717) is 13.0 Å². The summed E-state index contributed by atoms with van der Waals surface area (Å²) in [7, 11) is 1.29. The van der Waals surface area contributed by atoms with Crippen LogP contribution in [-0.4, -0.2) is 43.0 Å². The van der Waals surface area contributed by atoms with Crippen LogP contribution < -0.4 is 5.73 Å². The number of methoxy groups -OCH3 is 1. The Balaban J connectivity index is 2.49. The van der Waals surface area contributed by atoms with E-state index in [2.05, 4.69) is 4.74 Å². The average molecular weight is 185 g/mol. The van der Waals surface area contributed by atoms with Gasteiger partial charge in [-0.15, -0.1) is 0 Å². The quantitative estimate of drug-likeness (QED) is 0.541. The molecule has 1 amide bonds. The maximum Gasteiger partial charge on any atom is 0.325 e. The number of piperidine rings is 1. The molecule has 0 aromatic carbocycles. The lowest BCUT2D eigenvalue weighted by atomic mass is 10.1. The van der Waals surface area contributed by atoms with Crippen molar-refractivity contribution in [2.45, 2.75) is 18.9 Å². The van der Waals surface area contributed by atoms with Crippen LogP contribution in [0.4, 0.5) is 0 Å². The summed E-state index contributed by atoms with van der Waals surface area (Å²) in [5.74, 6) is -0.695. The van der Waals surface area contributed by atoms with E-state index in [1.807, 2.05) is 0 Å². The molecule has 0 aromatic heterocycles. The molecule has 5 nitrogen and oxygen atoms in total. The third-order valence-corrected chi connectivity index (χ3v) is 2.08. The van der Waals surface area contributed by atoms with E-state index >= 15 is 0 Å². The Hall–Kier alpha value is -1.10. The Morgan fingerprint density at radius 2 is 2.46 bits per heavy atom. The van der Waals surface area contributed by atoms with Gasteiger partial charge in [0.1, 0.15) is 12.6 Å². The van der Waals surface area contributed by atoms with E-state index in [0.717, 1.165) is 6.42 Å². The number of hydrogen-bond acceptors (Lipinski definition) is 3. The van der Waals surface area contributed by atoms with Crippen LogP contribution in [0.2, 0.25) is 0 Å². The summed E-state index contributed by atoms with van der Waals surface area (Å²) in [4.78, 5) is 23.5. The summed E-state index contributed by atoms with van der Waals surface area (Å²) in [5, 5.41) is 0. The zero-order valence-electron chi connectivity index (χ0n) is 7.58. The summed E-state index contributed by atoms with van der Waals surface area (Å²) in [6, 6.07) is -0.696. The fourth-order valence-corrected chi connectivity index (χ4v) is 1.32. The number of nitrogens with zero attached hydrogens (tertiary/aromatic N) is 1. The van der Waals surface area contributed by atoms with E-state index in [9.17, 15) is 9.59 Å². The molecule has 0 spiro atoms. The van der Waals surface area contributed by atoms with Gasteiger partial charge >= 0.3 is 5.97 Å². The first kappa shape index (κ1) is 9.98. The minimum absolute atomic E-state index is 0.0231. The van der Waals surface area contributed by atoms with Crippen molar-refractivity contribution in [3.8, 4) is 0 Å². The molecule has 1 N–H and O–H groups in total. The van der Waals surface area contributed by atoms with Crippen molar-refractivity contribution in [3.63, 3.8) is 0 Å². The van der Waals surface area contributed by atoms with Crippen LogP contribution >= 0.6 is 0 Å². The lowest BCUT2D eigenvalue weighted by molar-refractivity contribution is -0.148. The smallest absolute Gasteiger partial charge is 0.325 e. The highest BCUT2D eigenvalue weighted by molar-refractivity contribution is 5.86. The fraction of sp³-hybridized carbons (Fsp3) is 0.750. The Morgan fingerprint density at radius 3 is 3.08 bits per heavy atom. The standard InChI is InChI=1S/C8H13N2O3/c1-13-7(11)5-10-4-2-3-6(9)8(10)12/h6,9H,2-5H2,1H3/t6-/m0/s1. The Kier molecular flexibility index (Phi) is 3.25. The maximum absolute atomic E-state index is 11.3. The van der Waals surface area contributed by atoms with Crippen molar-refractivity contribution in [3.05, 3.63) is 0 Å². The highest BCUT2D eigenvalue weighted by Gasteiger charge is 2.27. The van der Waals surface area contributed by atoms with Crippen LogP contribution in [0.25, 0.3) is 0 Å². The SMILES string of the molecule is COC(=O)CN1CCC[C@H]([NH])C1=O. The predicted octanol–water partition coefficient (Wildman–Crippen LogP) is -0.567. The third-order valence-electron chi connectivity index (χ3n) is 2.08. The number of carbonyl (C=O) groups excluding carboxylic acids is 2. The maximum atomic E-state index is 11.3. The topological polar surface area (TPSA) is 70.4 Å². The first-order valence-corrected chi connectivity index (χ1v) is 4.22. The summed E-state index contributed by atoms with van der Waals surface area (Å²) < 4.78 is 4.44. The number of likely N-dealkylation sites (tertiary alicyclic amines) is 1. The molecule has 1 aliphatic rings. The van der Waals surface area contributed by atoms with Gasteiger partial charge in [0.25, 0.3) is 0 Å². The van der Waals surface area contributed by atoms with E-state index in [-0.39, 0.29) is 12.5 Å². The van der Waals surface area contributed by atoms with Crippen molar-refractivity contribution in [1.29, 1.82) is 0 Å². The molecule has 73 valence electrons. The molecule has 1 aliphatic heterocycles. The summed E-state index contributed by atoms with van der Waals surface area (Å²) in [5.41, 5.74) is 7.37. The first-order chi connectivity index (χ1) is 6.15. The third kappa shape index (κ3) is 2.42. The highest BCUT2D eigenvalue weighted by Crippen LogP contribution is 2.10. The molecule has 13 heavy (non-hydrogen) atoms. The van der Waals surface area contributed by atoms with Crippen LogP contribution in [0.3, 0.4) is 0 Å². The van der Waals surface area contributed by atoms with Crippen molar-refractivity contribution in [2.24, 2.45) is 0 Å². The van der Waals surface area contributed by atoms with Crippen LogP contribution in [0.1, 0.15) is 12.8 Å². The van der Waals surface area contributed by atoms with E-state index in [4.69, 9.17) is 5.73 Å². The number of ether oxygens (including phenoxy) is 1. The summed E-state index contributed by atoms with van der Waals surface area (Å²) in [6.45, 7) is 0.536. The van der Waals surface area contributed by atoms with Gasteiger partial charge in [-0.2, -0.15) is 0 Å². The van der Waals surface area contributed by atoms with Gasteiger partial charge in [-0.1, -0.05) is 0 Å². The number of carbonyl (C=O) groups is 2. The largest absolute Gasteiger partial charge is 0.468 e. The number of esters is 1. The van der Waals surface area contributed by atoms with Crippen molar-refractivity contribution in [2.75, 3.05) is 20.2 Å². The number of rotatable bonds is 2. The number of amides is 1. The molecule has 0 unspecified atom stereocenters. The van der Waals surface area contributed by atoms with Gasteiger partial charge in [0, 0.05) is 6.54 Å². The molecule has 0 aliphatic carbocycles. The molecular formula is C8H13N2O3. The molecule has 1 heterocycles. The predicted molar refractivity (Wildman–Crippen MR) is 44.7 cm³/mol. The first-order valence-electron chi connectivity index (χ1n) is 4.22. The van der Waals surface area contributed by atoms with Gasteiger partial charge in [-0.25, -0.2) is 5.73 Å². The zero-order chi connectivity index (χ0) is 9.84. The fourth-order valence-electron chi connectivity index (χ4n) is 1.32. The molecule has 1 radical (unpaired) electrons. The van der Waals surface area contributed by atoms with Gasteiger partial charge in [-0.3, -0.25) is 9.59 Å². The Labute approximate surface area is 76.8 Å².